The maximum absolute atomic E-state index is 6.00. The van der Waals surface area contributed by atoms with E-state index in [0.29, 0.717) is 5.71 Å². The van der Waals surface area contributed by atoms with Gasteiger partial charge in [0.1, 0.15) is 72.6 Å². The number of aromatic nitrogens is 5. The molecule has 14 heteroatoms. The van der Waals surface area contributed by atoms with Crippen molar-refractivity contribution in [2.24, 2.45) is 0 Å². The number of nitrogens with zero attached hydrogens (tertiary/aromatic N) is 5. The summed E-state index contributed by atoms with van der Waals surface area (Å²) in [6, 6.07) is 113. The van der Waals surface area contributed by atoms with Crippen LogP contribution in [0.1, 0.15) is 50.1 Å². The van der Waals surface area contributed by atoms with Crippen LogP contribution in [0.5, 0.6) is 0 Å². The molecule has 0 saturated heterocycles. The normalized spacial score (nSPS) is 11.2. The molecule has 640 valence electrons. The first kappa shape index (κ1) is 83.3. The summed E-state index contributed by atoms with van der Waals surface area (Å²) >= 11 is 0. The molecule has 0 unspecified atom stereocenters. The van der Waals surface area contributed by atoms with Crippen molar-refractivity contribution in [3.05, 3.63) is 427 Å². The summed E-state index contributed by atoms with van der Waals surface area (Å²) in [4.78, 5) is 20.7. The van der Waals surface area contributed by atoms with Gasteiger partial charge in [-0.3, -0.25) is 9.97 Å². The highest BCUT2D eigenvalue weighted by molar-refractivity contribution is 6.12. The molecule has 0 atom stereocenters. The van der Waals surface area contributed by atoms with Gasteiger partial charge in [0.05, 0.1) is 12.4 Å². The number of para-hydroxylation sites is 7. The van der Waals surface area contributed by atoms with Gasteiger partial charge in [-0.15, -0.1) is 0 Å². The van der Waals surface area contributed by atoms with Crippen LogP contribution in [0.4, 0.5) is 0 Å². The highest BCUT2D eigenvalue weighted by atomic mass is 16.4. The van der Waals surface area contributed by atoms with E-state index in [4.69, 9.17) is 39.8 Å². The van der Waals surface area contributed by atoms with Gasteiger partial charge in [-0.2, -0.15) is 0 Å². The van der Waals surface area contributed by atoms with Crippen LogP contribution in [0.2, 0.25) is 0 Å². The Morgan fingerprint density at radius 1 is 0.159 bits per heavy atom. The lowest BCUT2D eigenvalue weighted by Crippen LogP contribution is -1.78. The van der Waals surface area contributed by atoms with Crippen molar-refractivity contribution < 1.29 is 39.8 Å². The van der Waals surface area contributed by atoms with E-state index in [1.165, 1.54) is 87.8 Å². The van der Waals surface area contributed by atoms with Gasteiger partial charge in [-0.05, 0) is 235 Å². The lowest BCUT2D eigenvalue weighted by Gasteiger charge is -2.02. The van der Waals surface area contributed by atoms with Gasteiger partial charge < -0.3 is 39.8 Å². The molecule has 0 aliphatic carbocycles. The van der Waals surface area contributed by atoms with E-state index in [1.807, 2.05) is 190 Å². The molecule has 0 radical (unpaired) electrons. The lowest BCUT2D eigenvalue weighted by molar-refractivity contribution is 0.651. The third-order valence-corrected chi connectivity index (χ3v) is 23.6. The van der Waals surface area contributed by atoms with Crippen LogP contribution < -0.4 is 0 Å². The van der Waals surface area contributed by atoms with E-state index in [0.717, 1.165) is 166 Å². The number of rotatable bonds is 1. The molecule has 14 nitrogen and oxygen atoms in total. The van der Waals surface area contributed by atoms with Crippen molar-refractivity contribution in [1.29, 1.82) is 0 Å². The van der Waals surface area contributed by atoms with Gasteiger partial charge in [0, 0.05) is 128 Å². The predicted molar refractivity (Wildman–Crippen MR) is 541 cm³/mol. The highest BCUT2D eigenvalue weighted by Crippen LogP contribution is 2.40. The fourth-order valence-corrected chi connectivity index (χ4v) is 17.0. The molecule has 0 saturated carbocycles. The molecule has 0 aliphatic heterocycles. The molecule has 0 amide bonds. The van der Waals surface area contributed by atoms with Crippen LogP contribution in [0, 0.1) is 62.3 Å². The molecule has 14 aromatic heterocycles. The summed E-state index contributed by atoms with van der Waals surface area (Å²) in [7, 11) is 0. The first-order valence-electron chi connectivity index (χ1n) is 43.9. The summed E-state index contributed by atoms with van der Waals surface area (Å²) in [5.41, 5.74) is 29.5. The molecule has 0 aliphatic rings. The Bertz CT molecular complexity index is 8330. The van der Waals surface area contributed by atoms with E-state index < -0.39 is 0 Å². The fourth-order valence-electron chi connectivity index (χ4n) is 17.0. The SMILES string of the molecule is Cc1ccc2oc3ccc(-c4ccc5oc6ccccc6c5c4)cc3c2c1.Cc1ccc2oc3ccccc3c2c1.Cc1ccc2oc3cnccc3c2c1.Cc1ccc2oc3ncccc3c2c1.Cc1cccc2c1oc1ccccc12.Cc1cccc2c1oc1cnccc12.Cc1cccc2c1oc1ncccc12.Cc1ccccc1.Cc1cnc2oc3ccccc3c2c1. The van der Waals surface area contributed by atoms with Crippen LogP contribution >= 0.6 is 0 Å². The molecule has 132 heavy (non-hydrogen) atoms. The average Bonchev–Trinajstić information content (AvgIpc) is 1.60. The average molecular weight is 1720 g/mol. The molecule has 28 rings (SSSR count). The van der Waals surface area contributed by atoms with Crippen LogP contribution in [-0.2, 0) is 0 Å². The molecule has 0 spiro atoms. The second kappa shape index (κ2) is 36.4. The topological polar surface area (TPSA) is 183 Å². The Labute approximate surface area is 758 Å². The van der Waals surface area contributed by atoms with Gasteiger partial charge >= 0.3 is 0 Å². The summed E-state index contributed by atoms with van der Waals surface area (Å²) in [5, 5.41) is 20.8. The number of hydrogen-bond acceptors (Lipinski definition) is 14. The van der Waals surface area contributed by atoms with Gasteiger partial charge in [-0.1, -0.05) is 222 Å². The van der Waals surface area contributed by atoms with Gasteiger partial charge in [0.15, 0.2) is 11.2 Å². The molecule has 0 bridgehead atoms. The number of furan rings is 9. The minimum atomic E-state index is 0.716. The van der Waals surface area contributed by atoms with E-state index >= 15 is 0 Å². The van der Waals surface area contributed by atoms with Crippen LogP contribution in [0.25, 0.3) is 209 Å². The third kappa shape index (κ3) is 17.1. The van der Waals surface area contributed by atoms with Crippen LogP contribution in [-0.4, -0.2) is 24.9 Å². The maximum Gasteiger partial charge on any atom is 0.227 e. The second-order valence-electron chi connectivity index (χ2n) is 33.2. The summed E-state index contributed by atoms with van der Waals surface area (Å²) in [5.74, 6) is 0. The van der Waals surface area contributed by atoms with Crippen molar-refractivity contribution >= 4 is 198 Å². The molecular weight excluding hydrogens is 1630 g/mol. The molecule has 28 aromatic rings. The Kier molecular flexibility index (Phi) is 23.0. The molecular formula is C118H89N5O9. The third-order valence-electron chi connectivity index (χ3n) is 23.6. The Morgan fingerprint density at radius 3 is 0.932 bits per heavy atom. The zero-order valence-corrected chi connectivity index (χ0v) is 74.2. The first-order valence-corrected chi connectivity index (χ1v) is 43.9. The summed E-state index contributed by atoms with van der Waals surface area (Å²) in [6.07, 6.45) is 12.4. The highest BCUT2D eigenvalue weighted by Gasteiger charge is 2.17. The van der Waals surface area contributed by atoms with Crippen molar-refractivity contribution in [3.63, 3.8) is 0 Å². The van der Waals surface area contributed by atoms with Crippen molar-refractivity contribution in [1.82, 2.24) is 24.9 Å². The zero-order valence-electron chi connectivity index (χ0n) is 74.2. The largest absolute Gasteiger partial charge is 0.456 e. The molecule has 14 heterocycles. The Morgan fingerprint density at radius 2 is 0.455 bits per heavy atom. The Balaban J connectivity index is 0.0000000942. The quantitative estimate of drug-likeness (QED) is 0.151. The van der Waals surface area contributed by atoms with Gasteiger partial charge in [0.25, 0.3) is 0 Å². The summed E-state index contributed by atoms with van der Waals surface area (Å²) in [6.45, 7) is 18.7. The molecule has 14 aromatic carbocycles. The predicted octanol–water partition coefficient (Wildman–Crippen LogP) is 33.7. The van der Waals surface area contributed by atoms with Crippen LogP contribution in [0.15, 0.2) is 417 Å². The monoisotopic (exact) mass is 1720 g/mol. The standard InChI is InChI=1S/C25H16O2.2C13H10O.5C12H9NO.C7H8/c1-15-6-9-23-19(12-15)21-14-17(8-11-25(21)27-23)16-7-10-24-20(13-16)18-4-2-3-5-22(18)26-24;1-9-5-4-7-11-10-6-2-3-8-12(10)14-13(9)11;1-9-6-7-13-11(8-9)10-4-2-3-5-12(10)14-13;1-8-4-2-5-9-10-6-3-7-13-12(10)14-11(8)9;1-8-2-3-11-10(6-8)9-4-5-13-7-12(9)14-11;1-8-4-5-11-10(7-8)9-3-2-6-13-12(9)14-11;1-8-3-2-4-10-9-5-6-13-7-11(9)14-12(8)10;1-8-6-10-9-4-2-3-5-11(9)14-12(10)13-7-8;1-7-5-3-2-4-6-7/h2-14H,1H3;2*2-8H,1H3;5*2-7H,1H3;2-6H,1H3. The minimum absolute atomic E-state index is 0.716. The number of aryl methyl sites for hydroxylation is 9. The van der Waals surface area contributed by atoms with Gasteiger partial charge in [0.2, 0.25) is 17.1 Å². The fraction of sp³-hybridized carbons (Fsp3) is 0.0763. The number of hydrogen-bond donors (Lipinski definition) is 0. The first-order chi connectivity index (χ1) is 64.6. The Hall–Kier alpha value is -17.0. The van der Waals surface area contributed by atoms with Gasteiger partial charge in [-0.25, -0.2) is 15.0 Å². The number of pyridine rings is 5. The number of benzene rings is 14. The zero-order chi connectivity index (χ0) is 89.9. The van der Waals surface area contributed by atoms with E-state index in [-0.39, 0.29) is 0 Å². The molecule has 0 N–H and O–H groups in total. The molecule has 0 fully saturated rings. The second-order valence-corrected chi connectivity index (χ2v) is 33.2. The van der Waals surface area contributed by atoms with E-state index in [2.05, 4.69) is 237 Å². The van der Waals surface area contributed by atoms with Crippen molar-refractivity contribution in [2.45, 2.75) is 62.3 Å². The number of fused-ring (bicyclic) bond motifs is 27. The minimum Gasteiger partial charge on any atom is -0.456 e. The van der Waals surface area contributed by atoms with E-state index in [9.17, 15) is 0 Å². The van der Waals surface area contributed by atoms with Crippen LogP contribution in [0.3, 0.4) is 0 Å². The van der Waals surface area contributed by atoms with Crippen molar-refractivity contribution in [2.75, 3.05) is 0 Å². The smallest absolute Gasteiger partial charge is 0.227 e. The lowest BCUT2D eigenvalue weighted by atomic mass is 10.0. The summed E-state index contributed by atoms with van der Waals surface area (Å²) < 4.78 is 51.7. The van der Waals surface area contributed by atoms with E-state index in [1.54, 1.807) is 37.2 Å². The maximum atomic E-state index is 6.00. The van der Waals surface area contributed by atoms with Crippen molar-refractivity contribution in [3.8, 4) is 11.1 Å².